The standard InChI is InChI=1S/C25H28FN3O6/c1-27-14-17(12-21(27)30)15-35-20-13-23(32)29-10-9-28(8-7-19(29)24(20)25(33)34-2)22(31)11-16-3-5-18(26)6-4-16/h3-6,13,17H,7-12,14-15H2,1-2H3/t17-/m1/s1. The van der Waals surface area contributed by atoms with Gasteiger partial charge in [-0.05, 0) is 17.7 Å². The van der Waals surface area contributed by atoms with Gasteiger partial charge in [-0.15, -0.1) is 0 Å². The van der Waals surface area contributed by atoms with Gasteiger partial charge in [-0.2, -0.15) is 0 Å². The summed E-state index contributed by atoms with van der Waals surface area (Å²) in [4.78, 5) is 53.6. The maximum absolute atomic E-state index is 13.2. The second kappa shape index (κ2) is 10.3. The molecule has 0 saturated carbocycles. The second-order valence-corrected chi connectivity index (χ2v) is 8.90. The van der Waals surface area contributed by atoms with E-state index >= 15 is 0 Å². The van der Waals surface area contributed by atoms with E-state index < -0.39 is 5.97 Å². The average Bonchev–Trinajstić information content (AvgIpc) is 3.02. The van der Waals surface area contributed by atoms with Gasteiger partial charge in [0, 0.05) is 63.7 Å². The largest absolute Gasteiger partial charge is 0.492 e. The molecule has 0 aliphatic carbocycles. The molecule has 2 aromatic rings. The van der Waals surface area contributed by atoms with Gasteiger partial charge in [0.2, 0.25) is 11.8 Å². The number of likely N-dealkylation sites (tertiary alicyclic amines) is 1. The smallest absolute Gasteiger partial charge is 0.343 e. The zero-order valence-corrected chi connectivity index (χ0v) is 19.8. The number of halogens is 1. The molecule has 1 aromatic heterocycles. The number of methoxy groups -OCH3 is 1. The Balaban J connectivity index is 1.54. The summed E-state index contributed by atoms with van der Waals surface area (Å²) in [6.45, 7) is 1.54. The highest BCUT2D eigenvalue weighted by molar-refractivity contribution is 5.93. The first-order chi connectivity index (χ1) is 16.8. The molecule has 186 valence electrons. The molecule has 0 spiro atoms. The van der Waals surface area contributed by atoms with Crippen LogP contribution in [0.2, 0.25) is 0 Å². The normalized spacial score (nSPS) is 17.7. The summed E-state index contributed by atoms with van der Waals surface area (Å²) in [7, 11) is 2.98. The van der Waals surface area contributed by atoms with Crippen LogP contribution in [0.25, 0.3) is 0 Å². The monoisotopic (exact) mass is 485 g/mol. The van der Waals surface area contributed by atoms with E-state index in [4.69, 9.17) is 9.47 Å². The summed E-state index contributed by atoms with van der Waals surface area (Å²) in [5.41, 5.74) is 0.973. The van der Waals surface area contributed by atoms with Crippen molar-refractivity contribution < 1.29 is 28.2 Å². The molecule has 10 heteroatoms. The van der Waals surface area contributed by atoms with Crippen molar-refractivity contribution >= 4 is 17.8 Å². The van der Waals surface area contributed by atoms with Crippen molar-refractivity contribution in [1.29, 1.82) is 0 Å². The average molecular weight is 486 g/mol. The van der Waals surface area contributed by atoms with Crippen LogP contribution in [0, 0.1) is 11.7 Å². The molecule has 4 rings (SSSR count). The van der Waals surface area contributed by atoms with E-state index in [0.29, 0.717) is 37.3 Å². The summed E-state index contributed by atoms with van der Waals surface area (Å²) < 4.78 is 25.5. The predicted octanol–water partition coefficient (Wildman–Crippen LogP) is 1.26. The lowest BCUT2D eigenvalue weighted by Crippen LogP contribution is -2.35. The summed E-state index contributed by atoms with van der Waals surface area (Å²) in [6, 6.07) is 7.03. The van der Waals surface area contributed by atoms with Crippen molar-refractivity contribution in [2.45, 2.75) is 25.8 Å². The zero-order valence-electron chi connectivity index (χ0n) is 19.8. The van der Waals surface area contributed by atoms with Crippen molar-refractivity contribution in [3.8, 4) is 5.75 Å². The molecule has 1 aromatic carbocycles. The van der Waals surface area contributed by atoms with Gasteiger partial charge in [0.15, 0.2) is 0 Å². The number of rotatable bonds is 6. The summed E-state index contributed by atoms with van der Waals surface area (Å²) in [5.74, 6) is -1.04. The first-order valence-electron chi connectivity index (χ1n) is 11.5. The summed E-state index contributed by atoms with van der Waals surface area (Å²) in [5, 5.41) is 0. The number of carbonyl (C=O) groups excluding carboxylic acids is 3. The van der Waals surface area contributed by atoms with Gasteiger partial charge in [-0.1, -0.05) is 12.1 Å². The van der Waals surface area contributed by atoms with Crippen molar-refractivity contribution in [2.75, 3.05) is 40.4 Å². The Kier molecular flexibility index (Phi) is 7.18. The fourth-order valence-corrected chi connectivity index (χ4v) is 4.60. The number of amides is 2. The highest BCUT2D eigenvalue weighted by Gasteiger charge is 2.30. The van der Waals surface area contributed by atoms with E-state index in [1.165, 1.54) is 29.9 Å². The number of hydrogen-bond acceptors (Lipinski definition) is 6. The van der Waals surface area contributed by atoms with E-state index in [2.05, 4.69) is 0 Å². The minimum Gasteiger partial charge on any atom is -0.492 e. The molecule has 0 N–H and O–H groups in total. The summed E-state index contributed by atoms with van der Waals surface area (Å²) >= 11 is 0. The van der Waals surface area contributed by atoms with Gasteiger partial charge in [0.1, 0.15) is 17.1 Å². The van der Waals surface area contributed by atoms with Gasteiger partial charge >= 0.3 is 5.97 Å². The Labute approximate surface area is 202 Å². The molecular formula is C25H28FN3O6. The fraction of sp³-hybridized carbons (Fsp3) is 0.440. The van der Waals surface area contributed by atoms with Gasteiger partial charge in [0.25, 0.3) is 5.56 Å². The quantitative estimate of drug-likeness (QED) is 0.572. The van der Waals surface area contributed by atoms with Crippen molar-refractivity contribution in [3.63, 3.8) is 0 Å². The predicted molar refractivity (Wildman–Crippen MR) is 124 cm³/mol. The van der Waals surface area contributed by atoms with E-state index in [1.807, 2.05) is 0 Å². The maximum Gasteiger partial charge on any atom is 0.343 e. The van der Waals surface area contributed by atoms with Crippen molar-refractivity contribution in [3.05, 3.63) is 63.3 Å². The topological polar surface area (TPSA) is 98.2 Å². The van der Waals surface area contributed by atoms with Crippen molar-refractivity contribution in [2.24, 2.45) is 5.92 Å². The van der Waals surface area contributed by atoms with Gasteiger partial charge < -0.3 is 23.8 Å². The minimum absolute atomic E-state index is 0.0270. The van der Waals surface area contributed by atoms with Crippen molar-refractivity contribution in [1.82, 2.24) is 14.4 Å². The molecule has 0 unspecified atom stereocenters. The first kappa shape index (κ1) is 24.4. The number of aromatic nitrogens is 1. The number of benzene rings is 1. The molecular weight excluding hydrogens is 457 g/mol. The van der Waals surface area contributed by atoms with E-state index in [-0.39, 0.29) is 66.4 Å². The number of fused-ring (bicyclic) bond motifs is 1. The lowest BCUT2D eigenvalue weighted by molar-refractivity contribution is -0.130. The molecule has 2 aliphatic rings. The third kappa shape index (κ3) is 5.36. The number of ether oxygens (including phenoxy) is 2. The van der Waals surface area contributed by atoms with E-state index in [0.717, 1.165) is 0 Å². The number of pyridine rings is 1. The highest BCUT2D eigenvalue weighted by Crippen LogP contribution is 2.26. The van der Waals surface area contributed by atoms with Crippen LogP contribution in [0.3, 0.4) is 0 Å². The van der Waals surface area contributed by atoms with Crippen LogP contribution in [0.1, 0.15) is 28.0 Å². The molecule has 35 heavy (non-hydrogen) atoms. The molecule has 0 radical (unpaired) electrons. The van der Waals surface area contributed by atoms with Crippen LogP contribution in [-0.4, -0.2) is 72.5 Å². The minimum atomic E-state index is -0.630. The van der Waals surface area contributed by atoms with E-state index in [1.54, 1.807) is 29.0 Å². The van der Waals surface area contributed by atoms with Crippen LogP contribution in [0.15, 0.2) is 35.1 Å². The lowest BCUT2D eigenvalue weighted by atomic mass is 10.1. The maximum atomic E-state index is 13.2. The Morgan fingerprint density at radius 1 is 1.11 bits per heavy atom. The second-order valence-electron chi connectivity index (χ2n) is 8.90. The van der Waals surface area contributed by atoms with Crippen LogP contribution in [-0.2, 0) is 33.7 Å². The molecule has 2 amide bonds. The molecule has 2 aliphatic heterocycles. The molecule has 1 fully saturated rings. The molecule has 1 atom stereocenters. The van der Waals surface area contributed by atoms with E-state index in [9.17, 15) is 23.6 Å². The van der Waals surface area contributed by atoms with Crippen LogP contribution >= 0.6 is 0 Å². The highest BCUT2D eigenvalue weighted by atomic mass is 19.1. The fourth-order valence-electron chi connectivity index (χ4n) is 4.60. The van der Waals surface area contributed by atoms with Gasteiger partial charge in [-0.3, -0.25) is 14.4 Å². The third-order valence-corrected chi connectivity index (χ3v) is 6.50. The Bertz CT molecular complexity index is 1190. The lowest BCUT2D eigenvalue weighted by Gasteiger charge is -2.20. The first-order valence-corrected chi connectivity index (χ1v) is 11.5. The number of hydrogen-bond donors (Lipinski definition) is 0. The van der Waals surface area contributed by atoms with Gasteiger partial charge in [0.05, 0.1) is 20.1 Å². The molecule has 1 saturated heterocycles. The zero-order chi connectivity index (χ0) is 25.1. The number of nitrogens with zero attached hydrogens (tertiary/aromatic N) is 3. The molecule has 9 nitrogen and oxygen atoms in total. The molecule has 3 heterocycles. The number of carbonyl (C=O) groups is 3. The van der Waals surface area contributed by atoms with Gasteiger partial charge in [-0.25, -0.2) is 9.18 Å². The molecule has 0 bridgehead atoms. The third-order valence-electron chi connectivity index (χ3n) is 6.50. The van der Waals surface area contributed by atoms with Crippen LogP contribution < -0.4 is 10.3 Å². The summed E-state index contributed by atoms with van der Waals surface area (Å²) in [6.07, 6.45) is 0.716. The Hall–Kier alpha value is -3.69. The van der Waals surface area contributed by atoms with Crippen LogP contribution in [0.4, 0.5) is 4.39 Å². The number of esters is 1. The Morgan fingerprint density at radius 2 is 1.86 bits per heavy atom. The Morgan fingerprint density at radius 3 is 2.51 bits per heavy atom. The van der Waals surface area contributed by atoms with Crippen LogP contribution in [0.5, 0.6) is 5.75 Å². The SMILES string of the molecule is COC(=O)c1c(OC[C@@H]2CC(=O)N(C)C2)cc(=O)n2c1CCN(C(=O)Cc1ccc(F)cc1)CC2.